The SMILES string of the molecule is CC(C)C1CCC(NC(=O)N2CCN(C)CC2)CC1. The van der Waals surface area contributed by atoms with Crippen LogP contribution in [-0.2, 0) is 0 Å². The molecular formula is C15H29N3O. The number of likely N-dealkylation sites (N-methyl/N-ethyl adjacent to an activating group) is 1. The van der Waals surface area contributed by atoms with Crippen molar-refractivity contribution >= 4 is 6.03 Å². The van der Waals surface area contributed by atoms with Gasteiger partial charge >= 0.3 is 6.03 Å². The van der Waals surface area contributed by atoms with E-state index in [2.05, 4.69) is 31.1 Å². The van der Waals surface area contributed by atoms with E-state index in [1.807, 2.05) is 4.90 Å². The summed E-state index contributed by atoms with van der Waals surface area (Å²) in [4.78, 5) is 16.4. The van der Waals surface area contributed by atoms with Crippen LogP contribution in [0.25, 0.3) is 0 Å². The van der Waals surface area contributed by atoms with Crippen molar-refractivity contribution in [3.05, 3.63) is 0 Å². The van der Waals surface area contributed by atoms with E-state index in [1.54, 1.807) is 0 Å². The summed E-state index contributed by atoms with van der Waals surface area (Å²) in [5, 5.41) is 3.23. The highest BCUT2D eigenvalue weighted by Gasteiger charge is 2.26. The molecule has 1 aliphatic heterocycles. The fourth-order valence-corrected chi connectivity index (χ4v) is 3.21. The molecule has 1 aliphatic carbocycles. The number of hydrogen-bond acceptors (Lipinski definition) is 2. The molecule has 2 aliphatic rings. The number of carbonyl (C=O) groups is 1. The highest BCUT2D eigenvalue weighted by molar-refractivity contribution is 5.74. The van der Waals surface area contributed by atoms with Crippen molar-refractivity contribution in [2.24, 2.45) is 11.8 Å². The van der Waals surface area contributed by atoms with E-state index in [-0.39, 0.29) is 6.03 Å². The van der Waals surface area contributed by atoms with Crippen molar-refractivity contribution in [3.8, 4) is 0 Å². The molecule has 0 atom stereocenters. The van der Waals surface area contributed by atoms with Crippen molar-refractivity contribution in [1.82, 2.24) is 15.1 Å². The zero-order chi connectivity index (χ0) is 13.8. The zero-order valence-electron chi connectivity index (χ0n) is 12.7. The Morgan fingerprint density at radius 1 is 1.05 bits per heavy atom. The molecule has 2 amide bonds. The van der Waals surface area contributed by atoms with Crippen molar-refractivity contribution in [3.63, 3.8) is 0 Å². The van der Waals surface area contributed by atoms with E-state index < -0.39 is 0 Å². The largest absolute Gasteiger partial charge is 0.335 e. The maximum atomic E-state index is 12.2. The Morgan fingerprint density at radius 3 is 2.16 bits per heavy atom. The maximum Gasteiger partial charge on any atom is 0.317 e. The van der Waals surface area contributed by atoms with Crippen LogP contribution in [0.3, 0.4) is 0 Å². The molecule has 0 aromatic rings. The van der Waals surface area contributed by atoms with Crippen LogP contribution in [0.1, 0.15) is 39.5 Å². The van der Waals surface area contributed by atoms with Crippen molar-refractivity contribution in [2.75, 3.05) is 33.2 Å². The molecule has 1 heterocycles. The van der Waals surface area contributed by atoms with Crippen LogP contribution in [0.4, 0.5) is 4.79 Å². The third-order valence-electron chi connectivity index (χ3n) is 4.83. The molecule has 0 aromatic carbocycles. The van der Waals surface area contributed by atoms with Gasteiger partial charge in [-0.3, -0.25) is 0 Å². The number of nitrogens with zero attached hydrogens (tertiary/aromatic N) is 2. The number of rotatable bonds is 2. The van der Waals surface area contributed by atoms with E-state index in [0.29, 0.717) is 6.04 Å². The number of hydrogen-bond donors (Lipinski definition) is 1. The van der Waals surface area contributed by atoms with E-state index in [9.17, 15) is 4.79 Å². The Balaban J connectivity index is 1.72. The molecule has 1 saturated heterocycles. The Kier molecular flexibility index (Phi) is 5.08. The van der Waals surface area contributed by atoms with Crippen LogP contribution in [-0.4, -0.2) is 55.1 Å². The van der Waals surface area contributed by atoms with E-state index in [1.165, 1.54) is 12.8 Å². The molecule has 110 valence electrons. The molecule has 19 heavy (non-hydrogen) atoms. The zero-order valence-corrected chi connectivity index (χ0v) is 12.7. The van der Waals surface area contributed by atoms with Gasteiger partial charge in [0.2, 0.25) is 0 Å². The summed E-state index contributed by atoms with van der Waals surface area (Å²) in [6.07, 6.45) is 4.85. The molecule has 0 spiro atoms. The number of carbonyl (C=O) groups excluding carboxylic acids is 1. The fraction of sp³-hybridized carbons (Fsp3) is 0.933. The first kappa shape index (κ1) is 14.6. The Bertz CT molecular complexity index is 290. The molecule has 2 fully saturated rings. The van der Waals surface area contributed by atoms with Crippen LogP contribution in [0.2, 0.25) is 0 Å². The van der Waals surface area contributed by atoms with Gasteiger partial charge in [0.1, 0.15) is 0 Å². The van der Waals surface area contributed by atoms with Crippen LogP contribution in [0, 0.1) is 11.8 Å². The van der Waals surface area contributed by atoms with Gasteiger partial charge in [0.15, 0.2) is 0 Å². The minimum Gasteiger partial charge on any atom is -0.335 e. The second-order valence-corrected chi connectivity index (χ2v) is 6.60. The predicted octanol–water partition coefficient (Wildman–Crippen LogP) is 2.16. The van der Waals surface area contributed by atoms with Crippen LogP contribution in [0.15, 0.2) is 0 Å². The van der Waals surface area contributed by atoms with E-state index in [4.69, 9.17) is 0 Å². The average molecular weight is 267 g/mol. The maximum absolute atomic E-state index is 12.2. The van der Waals surface area contributed by atoms with Crippen LogP contribution in [0.5, 0.6) is 0 Å². The van der Waals surface area contributed by atoms with Gasteiger partial charge in [0.25, 0.3) is 0 Å². The van der Waals surface area contributed by atoms with Crippen LogP contribution >= 0.6 is 0 Å². The minimum absolute atomic E-state index is 0.154. The van der Waals surface area contributed by atoms with Crippen LogP contribution < -0.4 is 5.32 Å². The molecule has 0 radical (unpaired) electrons. The van der Waals surface area contributed by atoms with Crippen molar-refractivity contribution < 1.29 is 4.79 Å². The summed E-state index contributed by atoms with van der Waals surface area (Å²) >= 11 is 0. The standard InChI is InChI=1S/C15H29N3O/c1-12(2)13-4-6-14(7-5-13)16-15(19)18-10-8-17(3)9-11-18/h12-14H,4-11H2,1-3H3,(H,16,19). The smallest absolute Gasteiger partial charge is 0.317 e. The Hall–Kier alpha value is -0.770. The summed E-state index contributed by atoms with van der Waals surface area (Å²) < 4.78 is 0. The lowest BCUT2D eigenvalue weighted by Crippen LogP contribution is -2.53. The normalized spacial score (nSPS) is 29.6. The number of amides is 2. The van der Waals surface area contributed by atoms with E-state index in [0.717, 1.165) is 50.9 Å². The summed E-state index contributed by atoms with van der Waals surface area (Å²) in [6, 6.07) is 0.559. The van der Waals surface area contributed by atoms with Gasteiger partial charge in [-0.15, -0.1) is 0 Å². The third kappa shape index (κ3) is 4.10. The van der Waals surface area contributed by atoms with Gasteiger partial charge < -0.3 is 15.1 Å². The lowest BCUT2D eigenvalue weighted by atomic mass is 9.80. The molecule has 4 heteroatoms. The summed E-state index contributed by atoms with van der Waals surface area (Å²) in [5.41, 5.74) is 0. The molecule has 0 aromatic heterocycles. The summed E-state index contributed by atoms with van der Waals surface area (Å²) in [5.74, 6) is 1.64. The molecule has 1 saturated carbocycles. The first-order valence-electron chi connectivity index (χ1n) is 7.80. The molecule has 1 N–H and O–H groups in total. The van der Waals surface area contributed by atoms with Gasteiger partial charge in [0, 0.05) is 32.2 Å². The molecule has 0 bridgehead atoms. The highest BCUT2D eigenvalue weighted by Crippen LogP contribution is 2.29. The Labute approximate surface area is 117 Å². The van der Waals surface area contributed by atoms with Gasteiger partial charge in [-0.2, -0.15) is 0 Å². The monoisotopic (exact) mass is 267 g/mol. The van der Waals surface area contributed by atoms with Gasteiger partial charge in [-0.25, -0.2) is 4.79 Å². The van der Waals surface area contributed by atoms with Gasteiger partial charge in [0.05, 0.1) is 0 Å². The summed E-state index contributed by atoms with van der Waals surface area (Å²) in [6.45, 7) is 8.34. The number of nitrogens with one attached hydrogen (secondary N) is 1. The number of urea groups is 1. The van der Waals surface area contributed by atoms with Crippen molar-refractivity contribution in [1.29, 1.82) is 0 Å². The number of piperazine rings is 1. The third-order valence-corrected chi connectivity index (χ3v) is 4.83. The summed E-state index contributed by atoms with van der Waals surface area (Å²) in [7, 11) is 2.11. The quantitative estimate of drug-likeness (QED) is 0.832. The minimum atomic E-state index is 0.154. The first-order chi connectivity index (χ1) is 9.06. The predicted molar refractivity (Wildman–Crippen MR) is 78.2 cm³/mol. The average Bonchev–Trinajstić information content (AvgIpc) is 2.40. The lowest BCUT2D eigenvalue weighted by molar-refractivity contribution is 0.146. The van der Waals surface area contributed by atoms with Gasteiger partial charge in [-0.05, 0) is 44.6 Å². The second-order valence-electron chi connectivity index (χ2n) is 6.60. The van der Waals surface area contributed by atoms with Crippen molar-refractivity contribution in [2.45, 2.75) is 45.6 Å². The topological polar surface area (TPSA) is 35.6 Å². The fourth-order valence-electron chi connectivity index (χ4n) is 3.21. The molecule has 2 rings (SSSR count). The lowest BCUT2D eigenvalue weighted by Gasteiger charge is -2.35. The first-order valence-corrected chi connectivity index (χ1v) is 7.80. The Morgan fingerprint density at radius 2 is 1.63 bits per heavy atom. The molecule has 0 unspecified atom stereocenters. The molecular weight excluding hydrogens is 238 g/mol. The molecule has 4 nitrogen and oxygen atoms in total. The second kappa shape index (κ2) is 6.60. The van der Waals surface area contributed by atoms with E-state index >= 15 is 0 Å². The highest BCUT2D eigenvalue weighted by atomic mass is 16.2. The van der Waals surface area contributed by atoms with Gasteiger partial charge in [-0.1, -0.05) is 13.8 Å².